The van der Waals surface area contributed by atoms with E-state index < -0.39 is 0 Å². The number of methoxy groups -OCH3 is 1. The number of hydrogen-bond donors (Lipinski definition) is 0. The number of hydrogen-bond acceptors (Lipinski definition) is 5. The van der Waals surface area contributed by atoms with E-state index in [0.717, 1.165) is 27.4 Å². The second kappa shape index (κ2) is 10.1. The molecule has 1 aliphatic rings. The number of carbonyl (C=O) groups excluding carboxylic acids is 2. The van der Waals surface area contributed by atoms with E-state index in [4.69, 9.17) is 9.47 Å². The average molecular weight is 510 g/mol. The van der Waals surface area contributed by atoms with Crippen LogP contribution >= 0.6 is 27.7 Å². The van der Waals surface area contributed by atoms with Gasteiger partial charge in [-0.3, -0.25) is 14.5 Å². The fourth-order valence-corrected chi connectivity index (χ4v) is 4.33. The van der Waals surface area contributed by atoms with Gasteiger partial charge >= 0.3 is 0 Å². The van der Waals surface area contributed by atoms with Crippen LogP contribution in [0.15, 0.2) is 82.2 Å². The zero-order valence-electron chi connectivity index (χ0n) is 17.3. The molecule has 5 nitrogen and oxygen atoms in total. The van der Waals surface area contributed by atoms with Crippen LogP contribution in [0.2, 0.25) is 0 Å². The van der Waals surface area contributed by atoms with Crippen LogP contribution in [0.25, 0.3) is 6.08 Å². The number of rotatable bonds is 7. The van der Waals surface area contributed by atoms with E-state index in [1.807, 2.05) is 66.7 Å². The van der Waals surface area contributed by atoms with Crippen molar-refractivity contribution in [1.29, 1.82) is 0 Å². The Morgan fingerprint density at radius 1 is 0.938 bits per heavy atom. The van der Waals surface area contributed by atoms with Gasteiger partial charge in [0, 0.05) is 10.0 Å². The van der Waals surface area contributed by atoms with Gasteiger partial charge in [0.2, 0.25) is 0 Å². The van der Waals surface area contributed by atoms with E-state index in [1.165, 1.54) is 4.90 Å². The molecule has 0 radical (unpaired) electrons. The van der Waals surface area contributed by atoms with Gasteiger partial charge < -0.3 is 9.47 Å². The molecule has 0 N–H and O–H groups in total. The highest BCUT2D eigenvalue weighted by Crippen LogP contribution is 2.38. The van der Waals surface area contributed by atoms with Crippen molar-refractivity contribution in [2.45, 2.75) is 13.2 Å². The van der Waals surface area contributed by atoms with E-state index >= 15 is 0 Å². The van der Waals surface area contributed by atoms with Gasteiger partial charge in [0.1, 0.15) is 6.61 Å². The summed E-state index contributed by atoms with van der Waals surface area (Å²) in [5, 5.41) is -0.293. The fourth-order valence-electron chi connectivity index (χ4n) is 3.24. The lowest BCUT2D eigenvalue weighted by Crippen LogP contribution is -2.27. The van der Waals surface area contributed by atoms with Crippen molar-refractivity contribution < 1.29 is 19.1 Å². The summed E-state index contributed by atoms with van der Waals surface area (Å²) in [7, 11) is 1.57. The SMILES string of the molecule is COc1cccc(/C=C2\SC(=O)N(Cc3ccc(Br)cc3)C2=O)c1OCc1ccccc1. The molecule has 162 valence electrons. The predicted octanol–water partition coefficient (Wildman–Crippen LogP) is 6.27. The number of para-hydroxylation sites is 1. The number of thioether (sulfide) groups is 1. The number of nitrogens with zero attached hydrogens (tertiary/aromatic N) is 1. The number of imide groups is 1. The summed E-state index contributed by atoms with van der Waals surface area (Å²) >= 11 is 4.32. The molecule has 2 amide bonds. The zero-order chi connectivity index (χ0) is 22.5. The summed E-state index contributed by atoms with van der Waals surface area (Å²) < 4.78 is 12.5. The van der Waals surface area contributed by atoms with E-state index in [2.05, 4.69) is 15.9 Å². The van der Waals surface area contributed by atoms with Crippen LogP contribution in [0.1, 0.15) is 16.7 Å². The first-order chi connectivity index (χ1) is 15.5. The van der Waals surface area contributed by atoms with Gasteiger partial charge in [-0.2, -0.15) is 0 Å². The third-order valence-electron chi connectivity index (χ3n) is 4.87. The Morgan fingerprint density at radius 3 is 2.41 bits per heavy atom. The highest BCUT2D eigenvalue weighted by Gasteiger charge is 2.35. The van der Waals surface area contributed by atoms with Crippen molar-refractivity contribution in [3.8, 4) is 11.5 Å². The highest BCUT2D eigenvalue weighted by molar-refractivity contribution is 9.10. The van der Waals surface area contributed by atoms with E-state index in [1.54, 1.807) is 19.3 Å². The molecular weight excluding hydrogens is 490 g/mol. The van der Waals surface area contributed by atoms with Crippen molar-refractivity contribution in [2.75, 3.05) is 7.11 Å². The molecule has 0 unspecified atom stereocenters. The highest BCUT2D eigenvalue weighted by atomic mass is 79.9. The fraction of sp³-hybridized carbons (Fsp3) is 0.120. The minimum absolute atomic E-state index is 0.227. The Labute approximate surface area is 199 Å². The van der Waals surface area contributed by atoms with Crippen molar-refractivity contribution in [1.82, 2.24) is 4.90 Å². The summed E-state index contributed by atoms with van der Waals surface area (Å²) in [6.45, 7) is 0.581. The Morgan fingerprint density at radius 2 is 1.69 bits per heavy atom. The van der Waals surface area contributed by atoms with Crippen LogP contribution in [-0.4, -0.2) is 23.2 Å². The number of carbonyl (C=O) groups is 2. The third kappa shape index (κ3) is 5.06. The average Bonchev–Trinajstić information content (AvgIpc) is 3.07. The van der Waals surface area contributed by atoms with Gasteiger partial charge in [-0.25, -0.2) is 0 Å². The summed E-state index contributed by atoms with van der Waals surface area (Å²) in [6, 6.07) is 22.8. The molecule has 0 atom stereocenters. The van der Waals surface area contributed by atoms with E-state index in [-0.39, 0.29) is 17.7 Å². The molecule has 0 saturated carbocycles. The third-order valence-corrected chi connectivity index (χ3v) is 6.31. The monoisotopic (exact) mass is 509 g/mol. The molecule has 7 heteroatoms. The normalized spacial score (nSPS) is 14.8. The molecular formula is C25H20BrNO4S. The largest absolute Gasteiger partial charge is 0.493 e. The molecule has 1 aliphatic heterocycles. The first-order valence-electron chi connectivity index (χ1n) is 9.88. The van der Waals surface area contributed by atoms with Gasteiger partial charge in [-0.15, -0.1) is 0 Å². The molecule has 0 aliphatic carbocycles. The van der Waals surface area contributed by atoms with E-state index in [0.29, 0.717) is 28.6 Å². The first-order valence-corrected chi connectivity index (χ1v) is 11.5. The number of amides is 2. The molecule has 1 saturated heterocycles. The standard InChI is InChI=1S/C25H20BrNO4S/c1-30-21-9-5-8-19(23(21)31-16-18-6-3-2-4-7-18)14-22-24(28)27(25(29)32-22)15-17-10-12-20(26)13-11-17/h2-14H,15-16H2,1H3/b22-14-. The summed E-state index contributed by atoms with van der Waals surface area (Å²) in [6.07, 6.45) is 1.69. The molecule has 32 heavy (non-hydrogen) atoms. The minimum Gasteiger partial charge on any atom is -0.493 e. The first kappa shape index (κ1) is 22.2. The topological polar surface area (TPSA) is 55.8 Å². The predicted molar refractivity (Wildman–Crippen MR) is 129 cm³/mol. The van der Waals surface area contributed by atoms with Crippen molar-refractivity contribution >= 4 is 44.9 Å². The van der Waals surface area contributed by atoms with Crippen LogP contribution in [0.4, 0.5) is 4.79 Å². The second-order valence-electron chi connectivity index (χ2n) is 7.05. The maximum absolute atomic E-state index is 13.0. The quantitative estimate of drug-likeness (QED) is 0.351. The van der Waals surface area contributed by atoms with Crippen LogP contribution in [-0.2, 0) is 17.9 Å². The molecule has 3 aromatic rings. The molecule has 3 aromatic carbocycles. The van der Waals surface area contributed by atoms with Crippen molar-refractivity contribution in [3.63, 3.8) is 0 Å². The summed E-state index contributed by atoms with van der Waals surface area (Å²) in [4.78, 5) is 27.1. The lowest BCUT2D eigenvalue weighted by atomic mass is 10.1. The Kier molecular flexibility index (Phi) is 6.97. The van der Waals surface area contributed by atoms with Crippen molar-refractivity contribution in [3.05, 3.63) is 98.9 Å². The van der Waals surface area contributed by atoms with Gasteiger partial charge in [0.25, 0.3) is 11.1 Å². The molecule has 0 aromatic heterocycles. The molecule has 0 spiro atoms. The van der Waals surface area contributed by atoms with Crippen LogP contribution in [0.5, 0.6) is 11.5 Å². The van der Waals surface area contributed by atoms with Crippen molar-refractivity contribution in [2.24, 2.45) is 0 Å². The smallest absolute Gasteiger partial charge is 0.293 e. The Hall–Kier alpha value is -3.03. The van der Waals surface area contributed by atoms with Gasteiger partial charge in [0.15, 0.2) is 11.5 Å². The van der Waals surface area contributed by atoms with Gasteiger partial charge in [0.05, 0.1) is 18.6 Å². The zero-order valence-corrected chi connectivity index (χ0v) is 19.7. The Balaban J connectivity index is 1.58. The number of ether oxygens (including phenoxy) is 2. The second-order valence-corrected chi connectivity index (χ2v) is 8.96. The maximum Gasteiger partial charge on any atom is 0.293 e. The van der Waals surface area contributed by atoms with Gasteiger partial charge in [-0.1, -0.05) is 70.5 Å². The Bertz CT molecular complexity index is 1160. The van der Waals surface area contributed by atoms with Crippen LogP contribution < -0.4 is 9.47 Å². The summed E-state index contributed by atoms with van der Waals surface area (Å²) in [5.41, 5.74) is 2.57. The maximum atomic E-state index is 13.0. The lowest BCUT2D eigenvalue weighted by Gasteiger charge is -2.14. The van der Waals surface area contributed by atoms with Crippen LogP contribution in [0, 0.1) is 0 Å². The minimum atomic E-state index is -0.320. The summed E-state index contributed by atoms with van der Waals surface area (Å²) in [5.74, 6) is 0.766. The van der Waals surface area contributed by atoms with E-state index in [9.17, 15) is 9.59 Å². The van der Waals surface area contributed by atoms with Crippen LogP contribution in [0.3, 0.4) is 0 Å². The van der Waals surface area contributed by atoms with Gasteiger partial charge in [-0.05, 0) is 47.2 Å². The lowest BCUT2D eigenvalue weighted by molar-refractivity contribution is -0.123. The molecule has 1 heterocycles. The molecule has 1 fully saturated rings. The molecule has 4 rings (SSSR count). The number of benzene rings is 3. The molecule has 0 bridgehead atoms. The number of halogens is 1.